The molecule has 0 aliphatic carbocycles. The Hall–Kier alpha value is -2.14. The van der Waals surface area contributed by atoms with E-state index in [1.165, 1.54) is 0 Å². The van der Waals surface area contributed by atoms with Crippen LogP contribution in [-0.2, 0) is 9.47 Å². The number of pyridine rings is 1. The summed E-state index contributed by atoms with van der Waals surface area (Å²) in [4.78, 5) is 19.0. The Labute approximate surface area is 136 Å². The van der Waals surface area contributed by atoms with Crippen LogP contribution in [0.25, 0.3) is 10.9 Å². The van der Waals surface area contributed by atoms with Gasteiger partial charge in [-0.15, -0.1) is 0 Å². The maximum absolute atomic E-state index is 12.4. The van der Waals surface area contributed by atoms with E-state index < -0.39 is 0 Å². The molecular formula is C18H22N2O3. The third-order valence-corrected chi connectivity index (χ3v) is 4.33. The molecule has 3 rings (SSSR count). The molecule has 0 saturated carbocycles. The first kappa shape index (κ1) is 15.7. The van der Waals surface area contributed by atoms with Crippen LogP contribution in [-0.4, -0.2) is 43.9 Å². The van der Waals surface area contributed by atoms with E-state index in [2.05, 4.69) is 9.88 Å². The van der Waals surface area contributed by atoms with E-state index in [1.54, 1.807) is 13.3 Å². The summed E-state index contributed by atoms with van der Waals surface area (Å²) in [6.07, 6.45) is 3.84. The minimum atomic E-state index is -0.311. The van der Waals surface area contributed by atoms with Crippen molar-refractivity contribution >= 4 is 22.6 Å². The van der Waals surface area contributed by atoms with Gasteiger partial charge in [-0.3, -0.25) is 4.98 Å². The Morgan fingerprint density at radius 1 is 1.30 bits per heavy atom. The molecule has 0 spiro atoms. The van der Waals surface area contributed by atoms with Gasteiger partial charge < -0.3 is 14.4 Å². The Bertz CT molecular complexity index is 694. The second kappa shape index (κ2) is 6.96. The van der Waals surface area contributed by atoms with E-state index in [1.807, 2.05) is 31.2 Å². The van der Waals surface area contributed by atoms with E-state index in [0.717, 1.165) is 42.5 Å². The van der Waals surface area contributed by atoms with Gasteiger partial charge >= 0.3 is 5.97 Å². The number of carbonyl (C=O) groups excluding carboxylic acids is 1. The average molecular weight is 314 g/mol. The lowest BCUT2D eigenvalue weighted by atomic mass is 10.0. The fourth-order valence-electron chi connectivity index (χ4n) is 3.14. The molecule has 2 aromatic rings. The van der Waals surface area contributed by atoms with Gasteiger partial charge in [-0.2, -0.15) is 0 Å². The monoisotopic (exact) mass is 314 g/mol. The highest BCUT2D eigenvalue weighted by Crippen LogP contribution is 2.32. The molecule has 0 unspecified atom stereocenters. The lowest BCUT2D eigenvalue weighted by Crippen LogP contribution is -2.37. The molecule has 5 heteroatoms. The van der Waals surface area contributed by atoms with Crippen LogP contribution in [0.2, 0.25) is 0 Å². The van der Waals surface area contributed by atoms with Crippen LogP contribution in [0.1, 0.15) is 30.1 Å². The molecule has 0 bridgehead atoms. The number of benzene rings is 1. The summed E-state index contributed by atoms with van der Waals surface area (Å²) in [6, 6.07) is 7.92. The minimum absolute atomic E-state index is 0.297. The van der Waals surface area contributed by atoms with Crippen LogP contribution in [0.3, 0.4) is 0 Å². The molecule has 0 N–H and O–H groups in total. The summed E-state index contributed by atoms with van der Waals surface area (Å²) in [7, 11) is 1.76. The fraction of sp³-hybridized carbons (Fsp3) is 0.444. The van der Waals surface area contributed by atoms with E-state index >= 15 is 0 Å². The smallest absolute Gasteiger partial charge is 0.341 e. The van der Waals surface area contributed by atoms with Gasteiger partial charge in [0.15, 0.2) is 0 Å². The molecular weight excluding hydrogens is 292 g/mol. The molecule has 0 atom stereocenters. The van der Waals surface area contributed by atoms with Gasteiger partial charge in [0.1, 0.15) is 5.56 Å². The topological polar surface area (TPSA) is 51.7 Å². The number of rotatable bonds is 4. The fourth-order valence-corrected chi connectivity index (χ4v) is 3.14. The Morgan fingerprint density at radius 3 is 2.74 bits per heavy atom. The van der Waals surface area contributed by atoms with Crippen molar-refractivity contribution < 1.29 is 14.3 Å². The summed E-state index contributed by atoms with van der Waals surface area (Å²) >= 11 is 0. The van der Waals surface area contributed by atoms with Crippen LogP contribution < -0.4 is 4.90 Å². The van der Waals surface area contributed by atoms with E-state index in [4.69, 9.17) is 9.47 Å². The highest BCUT2D eigenvalue weighted by atomic mass is 16.5. The van der Waals surface area contributed by atoms with Crippen LogP contribution in [0.5, 0.6) is 0 Å². The molecule has 1 aromatic carbocycles. The SMILES string of the molecule is CCOC(=O)c1cnc2ccccc2c1N1CCC(OC)CC1. The number of aromatic nitrogens is 1. The molecule has 0 radical (unpaired) electrons. The van der Waals surface area contributed by atoms with Gasteiger partial charge in [-0.05, 0) is 25.8 Å². The number of piperidine rings is 1. The largest absolute Gasteiger partial charge is 0.462 e. The second-order valence-corrected chi connectivity index (χ2v) is 5.68. The number of methoxy groups -OCH3 is 1. The van der Waals surface area contributed by atoms with Crippen molar-refractivity contribution in [1.29, 1.82) is 0 Å². The third-order valence-electron chi connectivity index (χ3n) is 4.33. The lowest BCUT2D eigenvalue weighted by Gasteiger charge is -2.34. The lowest BCUT2D eigenvalue weighted by molar-refractivity contribution is 0.0526. The molecule has 23 heavy (non-hydrogen) atoms. The zero-order chi connectivity index (χ0) is 16.2. The highest BCUT2D eigenvalue weighted by Gasteiger charge is 2.25. The van der Waals surface area contributed by atoms with Gasteiger partial charge in [-0.1, -0.05) is 18.2 Å². The normalized spacial score (nSPS) is 15.8. The highest BCUT2D eigenvalue weighted by molar-refractivity contribution is 6.05. The Kier molecular flexibility index (Phi) is 4.76. The predicted molar refractivity (Wildman–Crippen MR) is 89.9 cm³/mol. The molecule has 1 saturated heterocycles. The molecule has 2 heterocycles. The maximum atomic E-state index is 12.4. The summed E-state index contributed by atoms with van der Waals surface area (Å²) < 4.78 is 10.7. The summed E-state index contributed by atoms with van der Waals surface area (Å²) in [5.74, 6) is -0.311. The first-order valence-corrected chi connectivity index (χ1v) is 8.07. The first-order valence-electron chi connectivity index (χ1n) is 8.07. The van der Waals surface area contributed by atoms with E-state index in [9.17, 15) is 4.79 Å². The number of hydrogen-bond donors (Lipinski definition) is 0. The maximum Gasteiger partial charge on any atom is 0.341 e. The quantitative estimate of drug-likeness (QED) is 0.812. The number of carbonyl (C=O) groups is 1. The van der Waals surface area contributed by atoms with Crippen LogP contribution in [0, 0.1) is 0 Å². The number of ether oxygens (including phenoxy) is 2. The third kappa shape index (κ3) is 3.15. The number of nitrogens with zero attached hydrogens (tertiary/aromatic N) is 2. The minimum Gasteiger partial charge on any atom is -0.462 e. The van der Waals surface area contributed by atoms with Gasteiger partial charge in [-0.25, -0.2) is 4.79 Å². The zero-order valence-electron chi connectivity index (χ0n) is 13.6. The van der Waals surface area contributed by atoms with Crippen molar-refractivity contribution in [2.45, 2.75) is 25.9 Å². The van der Waals surface area contributed by atoms with Gasteiger partial charge in [0.25, 0.3) is 0 Å². The van der Waals surface area contributed by atoms with Gasteiger partial charge in [0.05, 0.1) is 23.9 Å². The Balaban J connectivity index is 2.04. The number of fused-ring (bicyclic) bond motifs is 1. The summed E-state index contributed by atoms with van der Waals surface area (Å²) in [5, 5.41) is 0.994. The molecule has 1 aliphatic heterocycles. The van der Waals surface area contributed by atoms with Crippen LogP contribution >= 0.6 is 0 Å². The molecule has 122 valence electrons. The molecule has 5 nitrogen and oxygen atoms in total. The van der Waals surface area contributed by atoms with Crippen molar-refractivity contribution in [3.05, 3.63) is 36.0 Å². The zero-order valence-corrected chi connectivity index (χ0v) is 13.6. The van der Waals surface area contributed by atoms with Gasteiger partial charge in [0, 0.05) is 31.8 Å². The molecule has 1 aliphatic rings. The van der Waals surface area contributed by atoms with Crippen molar-refractivity contribution in [3.8, 4) is 0 Å². The van der Waals surface area contributed by atoms with Crippen molar-refractivity contribution in [3.63, 3.8) is 0 Å². The van der Waals surface area contributed by atoms with E-state index in [0.29, 0.717) is 18.3 Å². The predicted octanol–water partition coefficient (Wildman–Crippen LogP) is 3.03. The van der Waals surface area contributed by atoms with Crippen LogP contribution in [0.4, 0.5) is 5.69 Å². The molecule has 1 aromatic heterocycles. The standard InChI is InChI=1S/C18H22N2O3/c1-3-23-18(21)15-12-19-16-7-5-4-6-14(16)17(15)20-10-8-13(22-2)9-11-20/h4-7,12-13H,3,8-11H2,1-2H3. The summed E-state index contributed by atoms with van der Waals surface area (Å²) in [6.45, 7) is 3.89. The second-order valence-electron chi connectivity index (χ2n) is 5.68. The Morgan fingerprint density at radius 2 is 2.04 bits per heavy atom. The number of hydrogen-bond acceptors (Lipinski definition) is 5. The van der Waals surface area contributed by atoms with Crippen molar-refractivity contribution in [2.24, 2.45) is 0 Å². The first-order chi connectivity index (χ1) is 11.2. The van der Waals surface area contributed by atoms with Gasteiger partial charge in [0.2, 0.25) is 0 Å². The van der Waals surface area contributed by atoms with Crippen molar-refractivity contribution in [2.75, 3.05) is 31.7 Å². The van der Waals surface area contributed by atoms with E-state index in [-0.39, 0.29) is 5.97 Å². The van der Waals surface area contributed by atoms with Crippen LogP contribution in [0.15, 0.2) is 30.5 Å². The summed E-state index contributed by atoms with van der Waals surface area (Å²) in [5.41, 5.74) is 2.37. The number of anilines is 1. The average Bonchev–Trinajstić information content (AvgIpc) is 2.61. The molecule has 0 amide bonds. The van der Waals surface area contributed by atoms with Crippen molar-refractivity contribution in [1.82, 2.24) is 4.98 Å². The molecule has 1 fully saturated rings. The number of esters is 1. The number of para-hydroxylation sites is 1.